The minimum Gasteiger partial charge on any atom is -0.391 e. The normalized spacial score (nSPS) is 20.1. The summed E-state index contributed by atoms with van der Waals surface area (Å²) in [6.07, 6.45) is 3.42. The first kappa shape index (κ1) is 18.7. The summed E-state index contributed by atoms with van der Waals surface area (Å²) in [5.74, 6) is 0.726. The molecule has 0 saturated carbocycles. The molecule has 0 radical (unpaired) electrons. The van der Waals surface area contributed by atoms with Gasteiger partial charge in [-0.3, -0.25) is 4.90 Å². The minimum absolute atomic E-state index is 0.360. The van der Waals surface area contributed by atoms with E-state index in [-0.39, 0.29) is 6.04 Å². The molecule has 0 unspecified atom stereocenters. The van der Waals surface area contributed by atoms with E-state index < -0.39 is 6.10 Å². The van der Waals surface area contributed by atoms with E-state index in [2.05, 4.69) is 51.1 Å². The molecule has 10 heteroatoms. The van der Waals surface area contributed by atoms with Gasteiger partial charge in [-0.2, -0.15) is 0 Å². The number of aliphatic hydroxyl groups is 1. The molecule has 0 amide bonds. The van der Waals surface area contributed by atoms with Gasteiger partial charge in [0.2, 0.25) is 0 Å². The number of H-pyrrole nitrogens is 1. The van der Waals surface area contributed by atoms with E-state index in [0.717, 1.165) is 39.1 Å². The van der Waals surface area contributed by atoms with E-state index in [0.29, 0.717) is 19.5 Å². The highest BCUT2D eigenvalue weighted by atomic mass is 79.9. The first-order valence-electron chi connectivity index (χ1n) is 8.92. The number of halogens is 1. The van der Waals surface area contributed by atoms with Crippen molar-refractivity contribution in [3.05, 3.63) is 57.3 Å². The van der Waals surface area contributed by atoms with Crippen molar-refractivity contribution in [1.82, 2.24) is 19.9 Å². The second-order valence-electron chi connectivity index (χ2n) is 6.76. The van der Waals surface area contributed by atoms with Gasteiger partial charge in [-0.15, -0.1) is 0 Å². The van der Waals surface area contributed by atoms with Gasteiger partial charge in [0, 0.05) is 34.4 Å². The first-order chi connectivity index (χ1) is 13.6. The topological polar surface area (TPSA) is 126 Å². The SMILES string of the molecule is [N-]=[N+]=N[C@@H]1CCN(Cc2c[nH]c3ncnc(Nc4cccc(Br)c4)c23)C[C@H]1O. The zero-order valence-electron chi connectivity index (χ0n) is 15.0. The number of azide groups is 1. The summed E-state index contributed by atoms with van der Waals surface area (Å²) in [5, 5.41) is 18.2. The van der Waals surface area contributed by atoms with Crippen LogP contribution in [0, 0.1) is 0 Å². The van der Waals surface area contributed by atoms with Crippen molar-refractivity contribution in [3.63, 3.8) is 0 Å². The van der Waals surface area contributed by atoms with Gasteiger partial charge in [-0.05, 0) is 42.3 Å². The van der Waals surface area contributed by atoms with Crippen molar-refractivity contribution in [3.8, 4) is 0 Å². The van der Waals surface area contributed by atoms with Gasteiger partial charge in [0.05, 0.1) is 17.5 Å². The minimum atomic E-state index is -0.662. The fourth-order valence-corrected chi connectivity index (χ4v) is 3.92. The van der Waals surface area contributed by atoms with Crippen LogP contribution >= 0.6 is 15.9 Å². The fourth-order valence-electron chi connectivity index (χ4n) is 3.52. The Hall–Kier alpha value is -2.65. The quantitative estimate of drug-likeness (QED) is 0.315. The molecule has 4 rings (SSSR count). The highest BCUT2D eigenvalue weighted by molar-refractivity contribution is 9.10. The number of fused-ring (bicyclic) bond motifs is 1. The predicted octanol–water partition coefficient (Wildman–Crippen LogP) is 3.71. The summed E-state index contributed by atoms with van der Waals surface area (Å²) in [6, 6.07) is 7.52. The third-order valence-corrected chi connectivity index (χ3v) is 5.36. The molecule has 1 aliphatic heterocycles. The van der Waals surface area contributed by atoms with Gasteiger partial charge >= 0.3 is 0 Å². The average Bonchev–Trinajstić information content (AvgIpc) is 3.08. The highest BCUT2D eigenvalue weighted by Crippen LogP contribution is 2.29. The van der Waals surface area contributed by atoms with E-state index in [1.165, 1.54) is 6.33 Å². The van der Waals surface area contributed by atoms with Gasteiger partial charge < -0.3 is 15.4 Å². The highest BCUT2D eigenvalue weighted by Gasteiger charge is 2.27. The molecule has 2 atom stereocenters. The maximum atomic E-state index is 10.2. The summed E-state index contributed by atoms with van der Waals surface area (Å²) >= 11 is 3.48. The van der Waals surface area contributed by atoms with Gasteiger partial charge in [-0.25, -0.2) is 9.97 Å². The Kier molecular flexibility index (Phi) is 5.45. The van der Waals surface area contributed by atoms with Crippen LogP contribution in [0.25, 0.3) is 21.5 Å². The predicted molar refractivity (Wildman–Crippen MR) is 110 cm³/mol. The van der Waals surface area contributed by atoms with Crippen LogP contribution in [0.3, 0.4) is 0 Å². The zero-order valence-corrected chi connectivity index (χ0v) is 16.5. The average molecular weight is 443 g/mol. The molecule has 0 aliphatic carbocycles. The summed E-state index contributed by atoms with van der Waals surface area (Å²) in [4.78, 5) is 16.9. The second-order valence-corrected chi connectivity index (χ2v) is 7.67. The number of benzene rings is 1. The van der Waals surface area contributed by atoms with Crippen molar-refractivity contribution >= 4 is 38.5 Å². The van der Waals surface area contributed by atoms with Crippen molar-refractivity contribution in [2.45, 2.75) is 25.1 Å². The lowest BCUT2D eigenvalue weighted by Gasteiger charge is -2.33. The van der Waals surface area contributed by atoms with Crippen LogP contribution in [-0.4, -0.2) is 50.2 Å². The number of rotatable bonds is 5. The summed E-state index contributed by atoms with van der Waals surface area (Å²) in [6.45, 7) is 1.84. The van der Waals surface area contributed by atoms with Gasteiger partial charge in [-0.1, -0.05) is 27.1 Å². The zero-order chi connectivity index (χ0) is 19.5. The standard InChI is InChI=1S/C18H19BrN8O/c19-12-2-1-3-13(6-12)24-18-16-11(7-21-17(16)22-10-23-18)8-27-5-4-14(25-26-20)15(28)9-27/h1-3,6-7,10,14-15,28H,4-5,8-9H2,(H2,21,22,23,24)/t14-,15-/m1/s1. The maximum Gasteiger partial charge on any atom is 0.143 e. The van der Waals surface area contributed by atoms with E-state index in [1.54, 1.807) is 0 Å². The fraction of sp³-hybridized carbons (Fsp3) is 0.333. The Morgan fingerprint density at radius 3 is 3.11 bits per heavy atom. The van der Waals surface area contributed by atoms with Crippen LogP contribution in [0.5, 0.6) is 0 Å². The molecule has 9 nitrogen and oxygen atoms in total. The number of hydrogen-bond donors (Lipinski definition) is 3. The Morgan fingerprint density at radius 1 is 1.43 bits per heavy atom. The van der Waals surface area contributed by atoms with E-state index >= 15 is 0 Å². The number of aromatic nitrogens is 3. The van der Waals surface area contributed by atoms with Gasteiger partial charge in [0.15, 0.2) is 0 Å². The van der Waals surface area contributed by atoms with Crippen LogP contribution < -0.4 is 5.32 Å². The number of hydrogen-bond acceptors (Lipinski definition) is 6. The first-order valence-corrected chi connectivity index (χ1v) is 9.71. The molecule has 3 N–H and O–H groups in total. The van der Waals surface area contributed by atoms with Gasteiger partial charge in [0.1, 0.15) is 17.8 Å². The third kappa shape index (κ3) is 3.95. The smallest absolute Gasteiger partial charge is 0.143 e. The van der Waals surface area contributed by atoms with E-state index in [4.69, 9.17) is 5.53 Å². The molecule has 1 fully saturated rings. The largest absolute Gasteiger partial charge is 0.391 e. The number of piperidine rings is 1. The van der Waals surface area contributed by atoms with Crippen LogP contribution in [0.2, 0.25) is 0 Å². The third-order valence-electron chi connectivity index (χ3n) is 4.86. The molecule has 3 heterocycles. The number of likely N-dealkylation sites (tertiary alicyclic amines) is 1. The lowest BCUT2D eigenvalue weighted by molar-refractivity contribution is 0.0503. The maximum absolute atomic E-state index is 10.2. The number of aliphatic hydroxyl groups excluding tert-OH is 1. The molecular formula is C18H19BrN8O. The molecular weight excluding hydrogens is 424 g/mol. The van der Waals surface area contributed by atoms with Crippen LogP contribution in [0.15, 0.2) is 46.4 Å². The molecule has 0 spiro atoms. The molecule has 1 aliphatic rings. The Bertz CT molecular complexity index is 1030. The molecule has 0 bridgehead atoms. The summed E-state index contributed by atoms with van der Waals surface area (Å²) in [5.41, 5.74) is 11.3. The summed E-state index contributed by atoms with van der Waals surface area (Å²) in [7, 11) is 0. The van der Waals surface area contributed by atoms with E-state index in [1.807, 2.05) is 30.5 Å². The number of aromatic amines is 1. The van der Waals surface area contributed by atoms with Crippen molar-refractivity contribution < 1.29 is 5.11 Å². The molecule has 1 saturated heterocycles. The summed E-state index contributed by atoms with van der Waals surface area (Å²) < 4.78 is 0.981. The molecule has 3 aromatic rings. The lowest BCUT2D eigenvalue weighted by Crippen LogP contribution is -2.45. The Labute approximate surface area is 169 Å². The van der Waals surface area contributed by atoms with Crippen molar-refractivity contribution in [1.29, 1.82) is 0 Å². The number of nitrogens with one attached hydrogen (secondary N) is 2. The molecule has 28 heavy (non-hydrogen) atoms. The Morgan fingerprint density at radius 2 is 2.32 bits per heavy atom. The Balaban J connectivity index is 1.58. The number of β-amino-alcohol motifs (C(OH)–C–C–N with tert-alkyl or cyclic N) is 1. The number of nitrogens with zero attached hydrogens (tertiary/aromatic N) is 6. The molecule has 1 aromatic carbocycles. The van der Waals surface area contributed by atoms with Crippen LogP contribution in [-0.2, 0) is 6.54 Å². The van der Waals surface area contributed by atoms with Crippen molar-refractivity contribution in [2.75, 3.05) is 18.4 Å². The van der Waals surface area contributed by atoms with E-state index in [9.17, 15) is 5.11 Å². The molecule has 144 valence electrons. The van der Waals surface area contributed by atoms with Gasteiger partial charge in [0.25, 0.3) is 0 Å². The van der Waals surface area contributed by atoms with Crippen LogP contribution in [0.4, 0.5) is 11.5 Å². The second kappa shape index (κ2) is 8.15. The van der Waals surface area contributed by atoms with Crippen molar-refractivity contribution in [2.24, 2.45) is 5.11 Å². The van der Waals surface area contributed by atoms with Crippen LogP contribution in [0.1, 0.15) is 12.0 Å². The molecule has 2 aromatic heterocycles. The number of anilines is 2. The monoisotopic (exact) mass is 442 g/mol. The lowest BCUT2D eigenvalue weighted by atomic mass is 10.0.